The predicted molar refractivity (Wildman–Crippen MR) is 123 cm³/mol. The third kappa shape index (κ3) is 4.07. The van der Waals surface area contributed by atoms with Crippen LogP contribution in [0.1, 0.15) is 0 Å². The molecule has 4 aromatic rings. The zero-order valence-corrected chi connectivity index (χ0v) is 18.2. The van der Waals surface area contributed by atoms with Crippen molar-refractivity contribution in [1.82, 2.24) is 9.55 Å². The van der Waals surface area contributed by atoms with Crippen LogP contribution in [-0.4, -0.2) is 28.3 Å². The molecule has 0 aliphatic heterocycles. The molecule has 0 fully saturated rings. The van der Waals surface area contributed by atoms with E-state index in [9.17, 15) is 9.59 Å². The van der Waals surface area contributed by atoms with Gasteiger partial charge in [0, 0.05) is 0 Å². The smallest absolute Gasteiger partial charge is 0.276 e. The number of thiophene rings is 1. The Hall–Kier alpha value is -2.81. The minimum atomic E-state index is -0.241. The first-order valence-corrected chi connectivity index (χ1v) is 11.1. The molecular formula is C21H16ClN3O3S2. The Balaban J connectivity index is 1.65. The van der Waals surface area contributed by atoms with Gasteiger partial charge in [0.05, 0.1) is 34.8 Å². The van der Waals surface area contributed by atoms with Gasteiger partial charge in [-0.05, 0) is 35.7 Å². The number of amides is 1. The quantitative estimate of drug-likeness (QED) is 0.331. The summed E-state index contributed by atoms with van der Waals surface area (Å²) >= 11 is 8.84. The van der Waals surface area contributed by atoms with Crippen molar-refractivity contribution in [2.24, 2.45) is 0 Å². The van der Waals surface area contributed by atoms with Crippen molar-refractivity contribution >= 4 is 56.5 Å². The first-order chi connectivity index (χ1) is 14.6. The molecule has 0 saturated heterocycles. The van der Waals surface area contributed by atoms with Crippen LogP contribution in [0, 0.1) is 0 Å². The maximum Gasteiger partial charge on any atom is 0.276 e. The summed E-state index contributed by atoms with van der Waals surface area (Å²) in [4.78, 5) is 30.3. The molecule has 2 heterocycles. The Bertz CT molecular complexity index is 1290. The van der Waals surface area contributed by atoms with E-state index in [2.05, 4.69) is 10.3 Å². The van der Waals surface area contributed by atoms with Crippen LogP contribution < -0.4 is 15.6 Å². The number of halogens is 1. The number of methoxy groups -OCH3 is 1. The van der Waals surface area contributed by atoms with Crippen molar-refractivity contribution in [3.05, 3.63) is 75.4 Å². The monoisotopic (exact) mass is 457 g/mol. The van der Waals surface area contributed by atoms with Crippen molar-refractivity contribution < 1.29 is 9.53 Å². The van der Waals surface area contributed by atoms with Crippen molar-refractivity contribution in [1.29, 1.82) is 0 Å². The van der Waals surface area contributed by atoms with Gasteiger partial charge in [-0.1, -0.05) is 47.6 Å². The van der Waals surface area contributed by atoms with Gasteiger partial charge in [0.15, 0.2) is 5.16 Å². The Morgan fingerprint density at radius 3 is 2.77 bits per heavy atom. The number of carbonyl (C=O) groups is 1. The average molecular weight is 458 g/mol. The molecule has 0 saturated carbocycles. The average Bonchev–Trinajstić information content (AvgIpc) is 3.23. The zero-order chi connectivity index (χ0) is 21.1. The molecule has 0 unspecified atom stereocenters. The molecular weight excluding hydrogens is 442 g/mol. The minimum absolute atomic E-state index is 0.0601. The molecule has 152 valence electrons. The van der Waals surface area contributed by atoms with Crippen LogP contribution in [0.5, 0.6) is 5.75 Å². The highest BCUT2D eigenvalue weighted by Gasteiger charge is 2.17. The Morgan fingerprint density at radius 1 is 1.20 bits per heavy atom. The maximum absolute atomic E-state index is 13.1. The second-order valence-corrected chi connectivity index (χ2v) is 8.42. The fourth-order valence-corrected chi connectivity index (χ4v) is 4.68. The lowest BCUT2D eigenvalue weighted by molar-refractivity contribution is -0.113. The Kier molecular flexibility index (Phi) is 6.08. The summed E-state index contributed by atoms with van der Waals surface area (Å²) in [5.74, 6) is 0.390. The lowest BCUT2D eigenvalue weighted by Crippen LogP contribution is -2.22. The number of ether oxygens (including phenoxy) is 1. The molecule has 4 rings (SSSR count). The van der Waals surface area contributed by atoms with Crippen LogP contribution in [-0.2, 0) is 4.79 Å². The van der Waals surface area contributed by atoms with Crippen LogP contribution in [0.3, 0.4) is 0 Å². The number of para-hydroxylation sites is 3. The SMILES string of the molecule is COc1ccccc1NC(=O)CSc1nc2ccsc2c(=O)n1-c1ccccc1Cl. The lowest BCUT2D eigenvalue weighted by atomic mass is 10.3. The molecule has 30 heavy (non-hydrogen) atoms. The molecule has 0 atom stereocenters. The molecule has 2 aromatic carbocycles. The van der Waals surface area contributed by atoms with Gasteiger partial charge in [-0.15, -0.1) is 11.3 Å². The predicted octanol–water partition coefficient (Wildman–Crippen LogP) is 4.84. The molecule has 2 aromatic heterocycles. The second kappa shape index (κ2) is 8.91. The number of hydrogen-bond acceptors (Lipinski definition) is 6. The largest absolute Gasteiger partial charge is 0.495 e. The normalized spacial score (nSPS) is 10.9. The van der Waals surface area contributed by atoms with Gasteiger partial charge in [0.1, 0.15) is 10.4 Å². The first-order valence-electron chi connectivity index (χ1n) is 8.89. The molecule has 0 spiro atoms. The van der Waals surface area contributed by atoms with Crippen LogP contribution in [0.25, 0.3) is 15.9 Å². The fourth-order valence-electron chi connectivity index (χ4n) is 2.90. The minimum Gasteiger partial charge on any atom is -0.495 e. The number of rotatable bonds is 6. The summed E-state index contributed by atoms with van der Waals surface area (Å²) in [6.45, 7) is 0. The van der Waals surface area contributed by atoms with E-state index in [0.717, 1.165) is 0 Å². The number of carbonyl (C=O) groups excluding carboxylic acids is 1. The van der Waals surface area contributed by atoms with Gasteiger partial charge >= 0.3 is 0 Å². The van der Waals surface area contributed by atoms with Crippen molar-refractivity contribution in [2.75, 3.05) is 18.2 Å². The summed E-state index contributed by atoms with van der Waals surface area (Å²) < 4.78 is 7.26. The topological polar surface area (TPSA) is 73.2 Å². The summed E-state index contributed by atoms with van der Waals surface area (Å²) in [5, 5.41) is 5.47. The fraction of sp³-hybridized carbons (Fsp3) is 0.0952. The number of aromatic nitrogens is 2. The first kappa shape index (κ1) is 20.5. The molecule has 0 aliphatic rings. The summed E-state index contributed by atoms with van der Waals surface area (Å²) in [5.41, 5.74) is 1.49. The molecule has 6 nitrogen and oxygen atoms in total. The van der Waals surface area contributed by atoms with Crippen molar-refractivity contribution in [2.45, 2.75) is 5.16 Å². The third-order valence-corrected chi connectivity index (χ3v) is 6.41. The van der Waals surface area contributed by atoms with Gasteiger partial charge in [-0.2, -0.15) is 0 Å². The van der Waals surface area contributed by atoms with E-state index in [1.165, 1.54) is 27.7 Å². The number of benzene rings is 2. The number of fused-ring (bicyclic) bond motifs is 1. The molecule has 0 radical (unpaired) electrons. The van der Waals surface area contributed by atoms with Crippen LogP contribution >= 0.6 is 34.7 Å². The van der Waals surface area contributed by atoms with E-state index in [0.29, 0.717) is 37.5 Å². The van der Waals surface area contributed by atoms with E-state index in [1.54, 1.807) is 49.6 Å². The van der Waals surface area contributed by atoms with Crippen LogP contribution in [0.15, 0.2) is 69.9 Å². The van der Waals surface area contributed by atoms with E-state index >= 15 is 0 Å². The van der Waals surface area contributed by atoms with Crippen molar-refractivity contribution in [3.63, 3.8) is 0 Å². The number of hydrogen-bond donors (Lipinski definition) is 1. The number of nitrogens with zero attached hydrogens (tertiary/aromatic N) is 2. The molecule has 1 amide bonds. The molecule has 1 N–H and O–H groups in total. The zero-order valence-electron chi connectivity index (χ0n) is 15.8. The lowest BCUT2D eigenvalue weighted by Gasteiger charge is -2.13. The highest BCUT2D eigenvalue weighted by Crippen LogP contribution is 2.28. The van der Waals surface area contributed by atoms with Gasteiger partial charge in [0.2, 0.25) is 5.91 Å². The Labute approximate surface area is 185 Å². The van der Waals surface area contributed by atoms with Gasteiger partial charge in [-0.25, -0.2) is 4.98 Å². The number of thioether (sulfide) groups is 1. The number of anilines is 1. The summed E-state index contributed by atoms with van der Waals surface area (Å²) in [7, 11) is 1.54. The Morgan fingerprint density at radius 2 is 1.97 bits per heavy atom. The van der Waals surface area contributed by atoms with Gasteiger partial charge in [0.25, 0.3) is 5.56 Å². The van der Waals surface area contributed by atoms with Gasteiger partial charge in [-0.3, -0.25) is 14.2 Å². The highest BCUT2D eigenvalue weighted by molar-refractivity contribution is 7.99. The number of nitrogens with one attached hydrogen (secondary N) is 1. The second-order valence-electron chi connectivity index (χ2n) is 6.16. The van der Waals surface area contributed by atoms with E-state index in [-0.39, 0.29) is 17.2 Å². The van der Waals surface area contributed by atoms with Gasteiger partial charge < -0.3 is 10.1 Å². The van der Waals surface area contributed by atoms with Crippen LogP contribution in [0.2, 0.25) is 5.02 Å². The molecule has 9 heteroatoms. The summed E-state index contributed by atoms with van der Waals surface area (Å²) in [6, 6.07) is 16.0. The molecule has 0 bridgehead atoms. The molecule has 0 aliphatic carbocycles. The summed E-state index contributed by atoms with van der Waals surface area (Å²) in [6.07, 6.45) is 0. The van der Waals surface area contributed by atoms with Crippen molar-refractivity contribution in [3.8, 4) is 11.4 Å². The van der Waals surface area contributed by atoms with E-state index in [4.69, 9.17) is 16.3 Å². The highest BCUT2D eigenvalue weighted by atomic mass is 35.5. The van der Waals surface area contributed by atoms with Crippen LogP contribution in [0.4, 0.5) is 5.69 Å². The standard InChI is InChI=1S/C21H16ClN3O3S2/c1-28-17-9-5-3-7-14(17)23-18(26)12-30-21-24-15-10-11-29-19(15)20(27)25(21)16-8-4-2-6-13(16)22/h2-11H,12H2,1H3,(H,23,26). The maximum atomic E-state index is 13.1. The third-order valence-electron chi connectivity index (χ3n) is 4.26. The van der Waals surface area contributed by atoms with E-state index in [1.807, 2.05) is 17.5 Å². The van der Waals surface area contributed by atoms with E-state index < -0.39 is 0 Å².